The van der Waals surface area contributed by atoms with E-state index in [0.29, 0.717) is 19.3 Å². The van der Waals surface area contributed by atoms with Gasteiger partial charge in [0, 0.05) is 19.3 Å². The predicted octanol–water partition coefficient (Wildman–Crippen LogP) is 15.4. The number of carbonyl (C=O) groups is 3. The third-order valence-corrected chi connectivity index (χ3v) is 11.7. The van der Waals surface area contributed by atoms with Crippen LogP contribution in [0.4, 0.5) is 0 Å². The zero-order valence-corrected chi connectivity index (χ0v) is 37.6. The van der Waals surface area contributed by atoms with Crippen molar-refractivity contribution >= 4 is 17.9 Å². The maximum absolute atomic E-state index is 12.7. The molecule has 0 bridgehead atoms. The van der Waals surface area contributed by atoms with E-state index in [9.17, 15) is 14.4 Å². The SMILES string of the molecule is CCCCCCCCCCCCCCCCCC(=O)OC[C@H](COC(=O)CCCCCCCCCCC(C)CC)OC(=O)CCCCCCCCC(C)CC. The second kappa shape index (κ2) is 42.0. The Morgan fingerprint density at radius 2 is 0.636 bits per heavy atom. The van der Waals surface area contributed by atoms with Gasteiger partial charge in [0.05, 0.1) is 0 Å². The third kappa shape index (κ3) is 40.4. The van der Waals surface area contributed by atoms with Crippen LogP contribution >= 0.6 is 0 Å². The van der Waals surface area contributed by atoms with E-state index < -0.39 is 6.10 Å². The molecule has 0 fully saturated rings. The lowest BCUT2D eigenvalue weighted by atomic mass is 9.99. The summed E-state index contributed by atoms with van der Waals surface area (Å²) >= 11 is 0. The van der Waals surface area contributed by atoms with Crippen molar-refractivity contribution in [1.82, 2.24) is 0 Å². The van der Waals surface area contributed by atoms with E-state index in [1.807, 2.05) is 0 Å². The minimum Gasteiger partial charge on any atom is -0.462 e. The Hall–Kier alpha value is -1.59. The number of hydrogen-bond acceptors (Lipinski definition) is 6. The van der Waals surface area contributed by atoms with Crippen molar-refractivity contribution < 1.29 is 28.6 Å². The number of hydrogen-bond donors (Lipinski definition) is 0. The molecule has 0 aliphatic carbocycles. The molecule has 0 heterocycles. The monoisotopic (exact) mass is 779 g/mol. The Bertz CT molecular complexity index is 843. The molecule has 0 aromatic carbocycles. The van der Waals surface area contributed by atoms with Gasteiger partial charge in [-0.25, -0.2) is 0 Å². The standard InChI is InChI=1S/C49H94O6/c1-6-9-10-11-12-13-14-15-16-17-18-19-23-29-34-39-47(50)53-42-46(55-49(52)41-36-31-26-25-28-33-38-45(5)8-3)43-54-48(51)40-35-30-24-21-20-22-27-32-37-44(4)7-2/h44-46H,6-43H2,1-5H3/t44?,45?,46-/m1/s1. The van der Waals surface area contributed by atoms with Gasteiger partial charge in [-0.05, 0) is 31.1 Å². The average molecular weight is 779 g/mol. The van der Waals surface area contributed by atoms with Crippen LogP contribution in [0.2, 0.25) is 0 Å². The molecule has 0 spiro atoms. The molecular formula is C49H94O6. The topological polar surface area (TPSA) is 78.9 Å². The fraction of sp³-hybridized carbons (Fsp3) is 0.939. The second-order valence-corrected chi connectivity index (χ2v) is 17.2. The molecule has 0 amide bonds. The molecule has 0 aliphatic rings. The van der Waals surface area contributed by atoms with Gasteiger partial charge in [0.2, 0.25) is 0 Å². The van der Waals surface area contributed by atoms with Gasteiger partial charge in [-0.2, -0.15) is 0 Å². The zero-order valence-electron chi connectivity index (χ0n) is 37.6. The minimum atomic E-state index is -0.762. The Kier molecular flexibility index (Phi) is 40.8. The van der Waals surface area contributed by atoms with Crippen molar-refractivity contribution in [2.75, 3.05) is 13.2 Å². The molecule has 2 unspecified atom stereocenters. The molecule has 6 nitrogen and oxygen atoms in total. The van der Waals surface area contributed by atoms with E-state index in [2.05, 4.69) is 34.6 Å². The highest BCUT2D eigenvalue weighted by Crippen LogP contribution is 2.18. The normalized spacial score (nSPS) is 13.0. The number of esters is 3. The van der Waals surface area contributed by atoms with Gasteiger partial charge >= 0.3 is 17.9 Å². The number of unbranched alkanes of at least 4 members (excludes halogenated alkanes) is 26. The largest absolute Gasteiger partial charge is 0.462 e. The molecule has 55 heavy (non-hydrogen) atoms. The molecule has 0 saturated carbocycles. The molecule has 0 aromatic heterocycles. The van der Waals surface area contributed by atoms with Crippen LogP contribution in [0, 0.1) is 11.8 Å². The van der Waals surface area contributed by atoms with Crippen LogP contribution in [0.3, 0.4) is 0 Å². The first kappa shape index (κ1) is 53.4. The van der Waals surface area contributed by atoms with Crippen molar-refractivity contribution in [1.29, 1.82) is 0 Å². The fourth-order valence-electron chi connectivity index (χ4n) is 7.22. The smallest absolute Gasteiger partial charge is 0.306 e. The van der Waals surface area contributed by atoms with Crippen LogP contribution in [-0.4, -0.2) is 37.2 Å². The Labute approximate surface area is 342 Å². The Morgan fingerprint density at radius 1 is 0.364 bits per heavy atom. The summed E-state index contributed by atoms with van der Waals surface area (Å²) in [6, 6.07) is 0. The zero-order chi connectivity index (χ0) is 40.5. The van der Waals surface area contributed by atoms with E-state index in [1.165, 1.54) is 154 Å². The summed E-state index contributed by atoms with van der Waals surface area (Å²) in [6.45, 7) is 11.3. The van der Waals surface area contributed by atoms with Gasteiger partial charge in [-0.3, -0.25) is 14.4 Å². The number of carbonyl (C=O) groups excluding carboxylic acids is 3. The second-order valence-electron chi connectivity index (χ2n) is 17.2. The first-order valence-electron chi connectivity index (χ1n) is 24.3. The van der Waals surface area contributed by atoms with Gasteiger partial charge in [-0.15, -0.1) is 0 Å². The highest BCUT2D eigenvalue weighted by Gasteiger charge is 2.19. The van der Waals surface area contributed by atoms with Crippen LogP contribution < -0.4 is 0 Å². The summed E-state index contributed by atoms with van der Waals surface area (Å²) in [5.74, 6) is 0.800. The molecule has 0 N–H and O–H groups in total. The summed E-state index contributed by atoms with van der Waals surface area (Å²) in [4.78, 5) is 37.8. The lowest BCUT2D eigenvalue weighted by Crippen LogP contribution is -2.30. The Morgan fingerprint density at radius 3 is 0.945 bits per heavy atom. The van der Waals surface area contributed by atoms with Gasteiger partial charge in [0.1, 0.15) is 13.2 Å². The van der Waals surface area contributed by atoms with Crippen molar-refractivity contribution in [2.24, 2.45) is 11.8 Å². The first-order chi connectivity index (χ1) is 26.8. The Balaban J connectivity index is 4.31. The average Bonchev–Trinajstić information content (AvgIpc) is 3.18. The number of rotatable bonds is 43. The predicted molar refractivity (Wildman–Crippen MR) is 233 cm³/mol. The van der Waals surface area contributed by atoms with E-state index >= 15 is 0 Å². The lowest BCUT2D eigenvalue weighted by molar-refractivity contribution is -0.167. The lowest BCUT2D eigenvalue weighted by Gasteiger charge is -2.18. The third-order valence-electron chi connectivity index (χ3n) is 11.7. The highest BCUT2D eigenvalue weighted by atomic mass is 16.6. The molecular weight excluding hydrogens is 685 g/mol. The fourth-order valence-corrected chi connectivity index (χ4v) is 7.22. The van der Waals surface area contributed by atoms with Crippen LogP contribution in [0.15, 0.2) is 0 Å². The van der Waals surface area contributed by atoms with E-state index in [4.69, 9.17) is 14.2 Å². The molecule has 0 saturated heterocycles. The number of ether oxygens (including phenoxy) is 3. The highest BCUT2D eigenvalue weighted by molar-refractivity contribution is 5.71. The van der Waals surface area contributed by atoms with E-state index in [1.54, 1.807) is 0 Å². The van der Waals surface area contributed by atoms with E-state index in [-0.39, 0.29) is 31.1 Å². The van der Waals surface area contributed by atoms with Gasteiger partial charge in [-0.1, -0.05) is 227 Å². The van der Waals surface area contributed by atoms with Crippen LogP contribution in [0.5, 0.6) is 0 Å². The molecule has 3 atom stereocenters. The van der Waals surface area contributed by atoms with Crippen molar-refractivity contribution in [3.63, 3.8) is 0 Å². The first-order valence-corrected chi connectivity index (χ1v) is 24.3. The summed E-state index contributed by atoms with van der Waals surface area (Å²) in [5.41, 5.74) is 0. The van der Waals surface area contributed by atoms with E-state index in [0.717, 1.165) is 69.6 Å². The summed E-state index contributed by atoms with van der Waals surface area (Å²) in [5, 5.41) is 0. The van der Waals surface area contributed by atoms with Crippen molar-refractivity contribution in [3.05, 3.63) is 0 Å². The molecule has 6 heteroatoms. The van der Waals surface area contributed by atoms with Gasteiger partial charge < -0.3 is 14.2 Å². The maximum atomic E-state index is 12.7. The summed E-state index contributed by atoms with van der Waals surface area (Å²) in [7, 11) is 0. The van der Waals surface area contributed by atoms with Gasteiger partial charge in [0.15, 0.2) is 6.10 Å². The molecule has 0 radical (unpaired) electrons. The van der Waals surface area contributed by atoms with Crippen molar-refractivity contribution in [2.45, 2.75) is 272 Å². The molecule has 0 aliphatic heterocycles. The quantitative estimate of drug-likeness (QED) is 0.0348. The summed E-state index contributed by atoms with van der Waals surface area (Å²) < 4.78 is 16.7. The molecule has 0 rings (SSSR count). The van der Waals surface area contributed by atoms with Gasteiger partial charge in [0.25, 0.3) is 0 Å². The molecule has 0 aromatic rings. The summed E-state index contributed by atoms with van der Waals surface area (Å²) in [6.07, 6.45) is 40.8. The van der Waals surface area contributed by atoms with Crippen molar-refractivity contribution in [3.8, 4) is 0 Å². The molecule has 326 valence electrons. The van der Waals surface area contributed by atoms with Crippen LogP contribution in [0.25, 0.3) is 0 Å². The minimum absolute atomic E-state index is 0.0653. The van der Waals surface area contributed by atoms with Crippen LogP contribution in [-0.2, 0) is 28.6 Å². The van der Waals surface area contributed by atoms with Crippen LogP contribution in [0.1, 0.15) is 266 Å². The maximum Gasteiger partial charge on any atom is 0.306 e.